The summed E-state index contributed by atoms with van der Waals surface area (Å²) in [5, 5.41) is 13.4. The number of nitrogens with one attached hydrogen (secondary N) is 2. The molecule has 1 aromatic carbocycles. The maximum absolute atomic E-state index is 12.7. The number of alkyl halides is 3. The van der Waals surface area contributed by atoms with Crippen LogP contribution in [0.2, 0.25) is 4.34 Å². The van der Waals surface area contributed by atoms with Crippen LogP contribution in [0.5, 0.6) is 0 Å². The quantitative estimate of drug-likeness (QED) is 0.390. The summed E-state index contributed by atoms with van der Waals surface area (Å²) >= 11 is 8.55. The summed E-state index contributed by atoms with van der Waals surface area (Å²) in [7, 11) is 0. The highest BCUT2D eigenvalue weighted by molar-refractivity contribution is 7.23. The van der Waals surface area contributed by atoms with Gasteiger partial charge in [-0.05, 0) is 24.3 Å². The van der Waals surface area contributed by atoms with Crippen LogP contribution >= 0.6 is 34.3 Å². The fourth-order valence-electron chi connectivity index (χ4n) is 2.24. The fraction of sp³-hybridized carbons (Fsp3) is 0.125. The first-order valence-corrected chi connectivity index (χ1v) is 9.81. The van der Waals surface area contributed by atoms with E-state index in [-0.39, 0.29) is 12.1 Å². The Hall–Kier alpha value is -2.70. The van der Waals surface area contributed by atoms with Crippen molar-refractivity contribution in [3.05, 3.63) is 61.4 Å². The lowest BCUT2D eigenvalue weighted by atomic mass is 10.1. The molecule has 0 fully saturated rings. The summed E-state index contributed by atoms with van der Waals surface area (Å²) in [5.74, 6) is -0.569. The summed E-state index contributed by atoms with van der Waals surface area (Å²) in [4.78, 5) is 27.3. The van der Waals surface area contributed by atoms with Crippen molar-refractivity contribution >= 4 is 51.6 Å². The number of carbonyl (C=O) groups is 1. The van der Waals surface area contributed by atoms with Crippen LogP contribution in [-0.2, 0) is 17.4 Å². The monoisotopic (exact) mass is 462 g/mol. The summed E-state index contributed by atoms with van der Waals surface area (Å²) in [5.41, 5.74) is 2.73. The number of benzene rings is 1. The van der Waals surface area contributed by atoms with Crippen LogP contribution < -0.4 is 10.9 Å². The molecule has 2 N–H and O–H groups in total. The highest BCUT2D eigenvalue weighted by Crippen LogP contribution is 2.35. The van der Waals surface area contributed by atoms with Gasteiger partial charge in [-0.1, -0.05) is 11.6 Å². The zero-order valence-electron chi connectivity index (χ0n) is 14.1. The average molecular weight is 463 g/mol. The van der Waals surface area contributed by atoms with Gasteiger partial charge in [0.2, 0.25) is 5.91 Å². The van der Waals surface area contributed by atoms with E-state index in [1.807, 2.05) is 0 Å². The van der Waals surface area contributed by atoms with Gasteiger partial charge in [-0.25, -0.2) is 4.98 Å². The number of amides is 1. The molecule has 2 aromatic heterocycles. The first-order valence-electron chi connectivity index (χ1n) is 7.74. The highest BCUT2D eigenvalue weighted by Gasteiger charge is 2.33. The Morgan fingerprint density at radius 2 is 2.03 bits per heavy atom. The minimum atomic E-state index is -4.72. The van der Waals surface area contributed by atoms with E-state index in [9.17, 15) is 28.1 Å². The number of hydrazine groups is 1. The van der Waals surface area contributed by atoms with Crippen molar-refractivity contribution in [2.75, 3.05) is 5.43 Å². The molecule has 0 saturated carbocycles. The number of thiazole rings is 1. The van der Waals surface area contributed by atoms with E-state index in [0.29, 0.717) is 27.2 Å². The molecule has 29 heavy (non-hydrogen) atoms. The molecular weight excluding hydrogens is 453 g/mol. The summed E-state index contributed by atoms with van der Waals surface area (Å²) in [6.45, 7) is 0. The first-order chi connectivity index (χ1) is 13.6. The number of nitro benzene ring substituents is 1. The molecule has 0 bridgehead atoms. The predicted molar refractivity (Wildman–Crippen MR) is 104 cm³/mol. The molecule has 0 radical (unpaired) electrons. The van der Waals surface area contributed by atoms with E-state index in [1.54, 1.807) is 17.5 Å². The van der Waals surface area contributed by atoms with E-state index in [1.165, 1.54) is 22.7 Å². The molecule has 0 saturated heterocycles. The molecule has 0 aliphatic heterocycles. The second-order valence-corrected chi connectivity index (χ2v) is 8.16. The second kappa shape index (κ2) is 8.35. The molecular formula is C16H10ClF3N4O3S2. The van der Waals surface area contributed by atoms with Gasteiger partial charge in [0.15, 0.2) is 0 Å². The van der Waals surface area contributed by atoms with Crippen LogP contribution in [0.15, 0.2) is 35.7 Å². The average Bonchev–Trinajstić information content (AvgIpc) is 3.27. The third-order valence-corrected chi connectivity index (χ3v) is 5.83. The summed E-state index contributed by atoms with van der Waals surface area (Å²) in [6, 6.07) is 5.49. The van der Waals surface area contributed by atoms with E-state index in [0.717, 1.165) is 10.9 Å². The topological polar surface area (TPSA) is 97.2 Å². The smallest absolute Gasteiger partial charge is 0.292 e. The van der Waals surface area contributed by atoms with E-state index < -0.39 is 28.3 Å². The molecule has 0 unspecified atom stereocenters. The molecule has 0 aliphatic carbocycles. The van der Waals surface area contributed by atoms with Crippen molar-refractivity contribution in [1.29, 1.82) is 0 Å². The third-order valence-electron chi connectivity index (χ3n) is 3.54. The van der Waals surface area contributed by atoms with Gasteiger partial charge in [0.1, 0.15) is 10.7 Å². The van der Waals surface area contributed by atoms with Crippen molar-refractivity contribution in [1.82, 2.24) is 10.4 Å². The first kappa shape index (κ1) is 21.0. The third kappa shape index (κ3) is 5.22. The maximum atomic E-state index is 12.7. The van der Waals surface area contributed by atoms with E-state index >= 15 is 0 Å². The summed E-state index contributed by atoms with van der Waals surface area (Å²) < 4.78 is 38.8. The van der Waals surface area contributed by atoms with Gasteiger partial charge < -0.3 is 0 Å². The normalized spacial score (nSPS) is 11.3. The fourth-order valence-corrected chi connectivity index (χ4v) is 4.18. The Morgan fingerprint density at radius 3 is 2.66 bits per heavy atom. The molecule has 0 spiro atoms. The second-order valence-electron chi connectivity index (χ2n) is 5.58. The number of halogens is 4. The Bertz CT molecular complexity index is 1070. The van der Waals surface area contributed by atoms with Crippen molar-refractivity contribution in [3.63, 3.8) is 0 Å². The van der Waals surface area contributed by atoms with Crippen molar-refractivity contribution < 1.29 is 22.9 Å². The minimum Gasteiger partial charge on any atom is -0.292 e. The van der Waals surface area contributed by atoms with Crippen LogP contribution in [0.4, 0.5) is 24.5 Å². The minimum absolute atomic E-state index is 0.128. The standard InChI is InChI=1S/C16H10ClF3N4O3S2/c17-13-4-3-12(29-13)15-21-9(7-28-15)6-14(25)23-22-10-2-1-8(16(18,19)20)5-11(10)24(26)27/h1-5,7,22H,6H2,(H,23,25). The number of nitrogens with zero attached hydrogens (tertiary/aromatic N) is 2. The molecule has 7 nitrogen and oxygen atoms in total. The largest absolute Gasteiger partial charge is 0.416 e. The van der Waals surface area contributed by atoms with Crippen LogP contribution in [0, 0.1) is 10.1 Å². The lowest BCUT2D eigenvalue weighted by molar-refractivity contribution is -0.384. The number of anilines is 1. The van der Waals surface area contributed by atoms with Crippen LogP contribution in [0.25, 0.3) is 9.88 Å². The Morgan fingerprint density at radius 1 is 1.28 bits per heavy atom. The van der Waals surface area contributed by atoms with Gasteiger partial charge in [0, 0.05) is 11.4 Å². The molecule has 0 aliphatic rings. The lowest BCUT2D eigenvalue weighted by Crippen LogP contribution is -2.31. The molecule has 2 heterocycles. The van der Waals surface area contributed by atoms with E-state index in [4.69, 9.17) is 11.6 Å². The van der Waals surface area contributed by atoms with Crippen LogP contribution in [0.1, 0.15) is 11.3 Å². The van der Waals surface area contributed by atoms with Gasteiger partial charge in [-0.3, -0.25) is 25.8 Å². The van der Waals surface area contributed by atoms with Crippen LogP contribution in [0.3, 0.4) is 0 Å². The Balaban J connectivity index is 1.65. The zero-order valence-corrected chi connectivity index (χ0v) is 16.5. The molecule has 13 heteroatoms. The van der Waals surface area contributed by atoms with Crippen molar-refractivity contribution in [3.8, 4) is 9.88 Å². The van der Waals surface area contributed by atoms with Crippen molar-refractivity contribution in [2.45, 2.75) is 12.6 Å². The number of nitro groups is 1. The molecule has 152 valence electrons. The summed E-state index contributed by atoms with van der Waals surface area (Å²) in [6.07, 6.45) is -4.85. The number of aromatic nitrogens is 1. The van der Waals surface area contributed by atoms with Gasteiger partial charge in [-0.15, -0.1) is 22.7 Å². The molecule has 3 aromatic rings. The lowest BCUT2D eigenvalue weighted by Gasteiger charge is -2.11. The molecule has 0 atom stereocenters. The Kier molecular flexibility index (Phi) is 6.05. The molecule has 3 rings (SSSR count). The maximum Gasteiger partial charge on any atom is 0.416 e. The SMILES string of the molecule is O=C(Cc1csc(-c2ccc(Cl)s2)n1)NNc1ccc(C(F)(F)F)cc1[N+](=O)[O-]. The van der Waals surface area contributed by atoms with Crippen molar-refractivity contribution in [2.24, 2.45) is 0 Å². The number of hydrogen-bond donors (Lipinski definition) is 2. The van der Waals surface area contributed by atoms with Gasteiger partial charge >= 0.3 is 6.18 Å². The predicted octanol–water partition coefficient (Wildman–Crippen LogP) is 5.14. The van der Waals surface area contributed by atoms with Gasteiger partial charge in [0.25, 0.3) is 5.69 Å². The van der Waals surface area contributed by atoms with Gasteiger partial charge in [0.05, 0.1) is 31.8 Å². The molecule has 1 amide bonds. The Labute approximate surface area is 174 Å². The van der Waals surface area contributed by atoms with Crippen LogP contribution in [-0.4, -0.2) is 15.8 Å². The van der Waals surface area contributed by atoms with Gasteiger partial charge in [-0.2, -0.15) is 13.2 Å². The number of rotatable bonds is 6. The number of thiophene rings is 1. The highest BCUT2D eigenvalue weighted by atomic mass is 35.5. The number of carbonyl (C=O) groups excluding carboxylic acids is 1. The zero-order chi connectivity index (χ0) is 21.2. The van der Waals surface area contributed by atoms with E-state index in [2.05, 4.69) is 15.8 Å². The number of hydrogen-bond acceptors (Lipinski definition) is 7.